The number of amides is 2. The van der Waals surface area contributed by atoms with E-state index in [1.165, 1.54) is 24.1 Å². The third-order valence-corrected chi connectivity index (χ3v) is 8.07. The molecule has 0 spiro atoms. The summed E-state index contributed by atoms with van der Waals surface area (Å²) >= 11 is 6.05. The Balaban J connectivity index is 2.08. The Morgan fingerprint density at radius 3 is 2.15 bits per heavy atom. The predicted octanol–water partition coefficient (Wildman–Crippen LogP) is 4.88. The topological polar surface area (TPSA) is 96.0 Å². The summed E-state index contributed by atoms with van der Waals surface area (Å²) in [5.74, 6) is -0.565. The molecule has 0 aliphatic heterocycles. The summed E-state index contributed by atoms with van der Waals surface area (Å²) in [5.41, 5.74) is 0.960. The highest BCUT2D eigenvalue weighted by molar-refractivity contribution is 7.92. The number of methoxy groups -OCH3 is 1. The molecular formula is C29H34ClN3O5S. The number of nitrogens with one attached hydrogen (secondary N) is 1. The Morgan fingerprint density at radius 2 is 1.56 bits per heavy atom. The second kappa shape index (κ2) is 13.5. The molecule has 3 aromatic rings. The van der Waals surface area contributed by atoms with Gasteiger partial charge in [0.1, 0.15) is 18.3 Å². The minimum absolute atomic E-state index is 0.0255. The van der Waals surface area contributed by atoms with Gasteiger partial charge in [0.25, 0.3) is 10.0 Å². The second-order valence-electron chi connectivity index (χ2n) is 9.23. The van der Waals surface area contributed by atoms with Gasteiger partial charge in [0.15, 0.2) is 0 Å². The summed E-state index contributed by atoms with van der Waals surface area (Å²) in [5, 5.41) is 3.42. The van der Waals surface area contributed by atoms with Crippen LogP contribution < -0.4 is 14.4 Å². The second-order valence-corrected chi connectivity index (χ2v) is 11.5. The quantitative estimate of drug-likeness (QED) is 0.334. The number of carbonyl (C=O) groups excluding carboxylic acids is 2. The van der Waals surface area contributed by atoms with Crippen LogP contribution in [0, 0.1) is 0 Å². The van der Waals surface area contributed by atoms with Crippen LogP contribution in [0.2, 0.25) is 5.02 Å². The molecule has 3 aromatic carbocycles. The van der Waals surface area contributed by atoms with E-state index in [1.54, 1.807) is 66.7 Å². The molecule has 0 aliphatic carbocycles. The van der Waals surface area contributed by atoms with Crippen LogP contribution in [-0.2, 0) is 26.2 Å². The summed E-state index contributed by atoms with van der Waals surface area (Å²) < 4.78 is 34.2. The third kappa shape index (κ3) is 7.52. The Labute approximate surface area is 235 Å². The Morgan fingerprint density at radius 1 is 0.949 bits per heavy atom. The van der Waals surface area contributed by atoms with Gasteiger partial charge in [-0.2, -0.15) is 0 Å². The van der Waals surface area contributed by atoms with Crippen LogP contribution in [0.5, 0.6) is 5.75 Å². The number of anilines is 1. The van der Waals surface area contributed by atoms with Crippen molar-refractivity contribution in [3.63, 3.8) is 0 Å². The van der Waals surface area contributed by atoms with Gasteiger partial charge in [0.05, 0.1) is 17.7 Å². The first-order valence-corrected chi connectivity index (χ1v) is 14.4. The van der Waals surface area contributed by atoms with Crippen LogP contribution in [0.25, 0.3) is 0 Å². The van der Waals surface area contributed by atoms with Crippen molar-refractivity contribution in [2.75, 3.05) is 18.0 Å². The molecule has 0 bridgehead atoms. The lowest BCUT2D eigenvalue weighted by Gasteiger charge is -2.33. The molecule has 0 radical (unpaired) electrons. The summed E-state index contributed by atoms with van der Waals surface area (Å²) in [6.45, 7) is 5.03. The van der Waals surface area contributed by atoms with Crippen LogP contribution >= 0.6 is 11.6 Å². The molecule has 0 aliphatic rings. The number of hydrogen-bond donors (Lipinski definition) is 1. The average Bonchev–Trinajstić information content (AvgIpc) is 2.92. The molecule has 1 N–H and O–H groups in total. The average molecular weight is 572 g/mol. The highest BCUT2D eigenvalue weighted by Crippen LogP contribution is 2.32. The Kier molecular flexibility index (Phi) is 10.4. The normalized spacial score (nSPS) is 12.1. The standard InChI is InChI=1S/C29H34ClN3O5S/c1-5-25(29(35)31-21(2)3)32(19-22-15-17-23(30)18-16-22)28(34)20-33(26-13-9-10-14-27(26)38-4)39(36,37)24-11-7-6-8-12-24/h6-18,21,25H,5,19-20H2,1-4H3,(H,31,35)/t25-/m1/s1. The zero-order valence-corrected chi connectivity index (χ0v) is 24.1. The number of nitrogens with zero attached hydrogens (tertiary/aromatic N) is 2. The molecule has 1 atom stereocenters. The third-order valence-electron chi connectivity index (χ3n) is 6.05. The lowest BCUT2D eigenvalue weighted by Crippen LogP contribution is -2.53. The molecule has 0 saturated heterocycles. The lowest BCUT2D eigenvalue weighted by atomic mass is 10.1. The van der Waals surface area contributed by atoms with Gasteiger partial charge in [0.2, 0.25) is 11.8 Å². The molecule has 10 heteroatoms. The fraction of sp³-hybridized carbons (Fsp3) is 0.310. The number of sulfonamides is 1. The van der Waals surface area contributed by atoms with Gasteiger partial charge in [-0.1, -0.05) is 61.0 Å². The van der Waals surface area contributed by atoms with Gasteiger partial charge in [-0.15, -0.1) is 0 Å². The lowest BCUT2D eigenvalue weighted by molar-refractivity contribution is -0.140. The van der Waals surface area contributed by atoms with Gasteiger partial charge in [-0.3, -0.25) is 13.9 Å². The van der Waals surface area contributed by atoms with Crippen molar-refractivity contribution in [1.29, 1.82) is 0 Å². The van der Waals surface area contributed by atoms with E-state index in [1.807, 2.05) is 20.8 Å². The van der Waals surface area contributed by atoms with Crippen LogP contribution in [0.1, 0.15) is 32.8 Å². The van der Waals surface area contributed by atoms with E-state index in [2.05, 4.69) is 5.32 Å². The van der Waals surface area contributed by atoms with Crippen LogP contribution in [0.15, 0.2) is 83.8 Å². The number of halogens is 1. The van der Waals surface area contributed by atoms with Gasteiger partial charge in [-0.05, 0) is 62.2 Å². The summed E-state index contributed by atoms with van der Waals surface area (Å²) in [6, 6.07) is 20.5. The van der Waals surface area contributed by atoms with Crippen molar-refractivity contribution in [2.24, 2.45) is 0 Å². The first-order valence-electron chi connectivity index (χ1n) is 12.6. The highest BCUT2D eigenvalue weighted by Gasteiger charge is 2.34. The van der Waals surface area contributed by atoms with E-state index in [0.717, 1.165) is 9.87 Å². The van der Waals surface area contributed by atoms with Crippen molar-refractivity contribution in [3.05, 3.63) is 89.4 Å². The molecule has 2 amide bonds. The minimum atomic E-state index is -4.18. The smallest absolute Gasteiger partial charge is 0.264 e. The molecule has 0 aromatic heterocycles. The van der Waals surface area contributed by atoms with Gasteiger partial charge < -0.3 is 15.0 Å². The maximum atomic E-state index is 14.0. The van der Waals surface area contributed by atoms with E-state index in [9.17, 15) is 18.0 Å². The number of rotatable bonds is 12. The minimum Gasteiger partial charge on any atom is -0.495 e. The zero-order valence-electron chi connectivity index (χ0n) is 22.5. The predicted molar refractivity (Wildman–Crippen MR) is 153 cm³/mol. The van der Waals surface area contributed by atoms with Crippen molar-refractivity contribution >= 4 is 39.1 Å². The van der Waals surface area contributed by atoms with Gasteiger partial charge >= 0.3 is 0 Å². The molecule has 208 valence electrons. The molecule has 0 saturated carbocycles. The molecule has 8 nitrogen and oxygen atoms in total. The molecular weight excluding hydrogens is 538 g/mol. The fourth-order valence-electron chi connectivity index (χ4n) is 4.16. The number of hydrogen-bond acceptors (Lipinski definition) is 5. The number of carbonyl (C=O) groups is 2. The van der Waals surface area contributed by atoms with E-state index in [-0.39, 0.29) is 29.1 Å². The van der Waals surface area contributed by atoms with Crippen molar-refractivity contribution in [3.8, 4) is 5.75 Å². The van der Waals surface area contributed by atoms with E-state index in [4.69, 9.17) is 16.3 Å². The van der Waals surface area contributed by atoms with E-state index < -0.39 is 28.5 Å². The zero-order chi connectivity index (χ0) is 28.6. The SMILES string of the molecule is CC[C@H](C(=O)NC(C)C)N(Cc1ccc(Cl)cc1)C(=O)CN(c1ccccc1OC)S(=O)(=O)c1ccccc1. The number of para-hydroxylation sites is 2. The van der Waals surface area contributed by atoms with E-state index >= 15 is 0 Å². The molecule has 0 fully saturated rings. The highest BCUT2D eigenvalue weighted by atomic mass is 35.5. The molecule has 0 unspecified atom stereocenters. The van der Waals surface area contributed by atoms with E-state index in [0.29, 0.717) is 17.2 Å². The Hall–Kier alpha value is -3.56. The maximum Gasteiger partial charge on any atom is 0.264 e. The molecule has 39 heavy (non-hydrogen) atoms. The van der Waals surface area contributed by atoms with Crippen LogP contribution in [-0.4, -0.2) is 50.9 Å². The van der Waals surface area contributed by atoms with Gasteiger partial charge in [-0.25, -0.2) is 8.42 Å². The number of ether oxygens (including phenoxy) is 1. The number of benzene rings is 3. The largest absolute Gasteiger partial charge is 0.495 e. The first kappa shape index (κ1) is 30.0. The van der Waals surface area contributed by atoms with Crippen LogP contribution in [0.4, 0.5) is 5.69 Å². The fourth-order valence-corrected chi connectivity index (χ4v) is 5.73. The maximum absolute atomic E-state index is 14.0. The van der Waals surface area contributed by atoms with Gasteiger partial charge in [0, 0.05) is 17.6 Å². The molecule has 0 heterocycles. The summed E-state index contributed by atoms with van der Waals surface area (Å²) in [7, 11) is -2.74. The summed E-state index contributed by atoms with van der Waals surface area (Å²) in [4.78, 5) is 28.7. The molecule has 3 rings (SSSR count). The monoisotopic (exact) mass is 571 g/mol. The Bertz CT molecular complexity index is 1370. The van der Waals surface area contributed by atoms with Crippen molar-refractivity contribution < 1.29 is 22.7 Å². The first-order chi connectivity index (χ1) is 18.6. The summed E-state index contributed by atoms with van der Waals surface area (Å²) in [6.07, 6.45) is 0.331. The van der Waals surface area contributed by atoms with Crippen molar-refractivity contribution in [2.45, 2.75) is 50.7 Å². The van der Waals surface area contributed by atoms with Crippen molar-refractivity contribution in [1.82, 2.24) is 10.2 Å². The van der Waals surface area contributed by atoms with Crippen LogP contribution in [0.3, 0.4) is 0 Å².